The Bertz CT molecular complexity index is 610. The number of benzene rings is 2. The summed E-state index contributed by atoms with van der Waals surface area (Å²) in [5.74, 6) is 0.362. The molecule has 0 aliphatic rings. The van der Waals surface area contributed by atoms with E-state index in [1.807, 2.05) is 12.1 Å². The molecule has 0 spiro atoms. The van der Waals surface area contributed by atoms with E-state index in [0.717, 1.165) is 10.6 Å². The van der Waals surface area contributed by atoms with Crippen LogP contribution >= 0.6 is 23.4 Å². The zero-order valence-corrected chi connectivity index (χ0v) is 12.6. The Morgan fingerprint density at radius 3 is 2.55 bits per heavy atom. The Hall–Kier alpha value is -1.32. The van der Waals surface area contributed by atoms with Gasteiger partial charge in [0.05, 0.1) is 5.02 Å². The first-order valence-electron chi connectivity index (χ1n) is 6.30. The van der Waals surface area contributed by atoms with Crippen molar-refractivity contribution in [2.24, 2.45) is 0 Å². The minimum atomic E-state index is -0.513. The van der Waals surface area contributed by atoms with E-state index in [-0.39, 0.29) is 17.2 Å². The second-order valence-corrected chi connectivity index (χ2v) is 6.01. The van der Waals surface area contributed by atoms with Gasteiger partial charge in [0.25, 0.3) is 0 Å². The molecule has 2 rings (SSSR count). The van der Waals surface area contributed by atoms with Crippen molar-refractivity contribution in [3.63, 3.8) is 0 Å². The first kappa shape index (κ1) is 15.1. The molecule has 0 saturated heterocycles. The molecule has 0 bridgehead atoms. The predicted molar refractivity (Wildman–Crippen MR) is 82.3 cm³/mol. The van der Waals surface area contributed by atoms with E-state index < -0.39 is 5.82 Å². The van der Waals surface area contributed by atoms with E-state index >= 15 is 0 Å². The molecule has 0 heterocycles. The van der Waals surface area contributed by atoms with Gasteiger partial charge < -0.3 is 0 Å². The van der Waals surface area contributed by atoms with Crippen LogP contribution in [-0.4, -0.2) is 11.5 Å². The van der Waals surface area contributed by atoms with E-state index in [0.29, 0.717) is 11.1 Å². The summed E-state index contributed by atoms with van der Waals surface area (Å²) in [5, 5.41) is 0.0463. The van der Waals surface area contributed by atoms with Crippen LogP contribution in [-0.2, 0) is 6.42 Å². The van der Waals surface area contributed by atoms with Gasteiger partial charge in [-0.1, -0.05) is 42.8 Å². The van der Waals surface area contributed by atoms with Gasteiger partial charge in [0.15, 0.2) is 5.78 Å². The highest BCUT2D eigenvalue weighted by Crippen LogP contribution is 2.21. The summed E-state index contributed by atoms with van der Waals surface area (Å²) < 4.78 is 13.8. The van der Waals surface area contributed by atoms with Crippen molar-refractivity contribution < 1.29 is 9.18 Å². The normalized spacial score (nSPS) is 10.6. The topological polar surface area (TPSA) is 17.1 Å². The summed E-state index contributed by atoms with van der Waals surface area (Å²) in [7, 11) is 0. The van der Waals surface area contributed by atoms with E-state index in [2.05, 4.69) is 6.92 Å². The van der Waals surface area contributed by atoms with E-state index in [1.54, 1.807) is 36.0 Å². The molecule has 0 saturated carbocycles. The zero-order chi connectivity index (χ0) is 14.5. The van der Waals surface area contributed by atoms with Gasteiger partial charge in [0.2, 0.25) is 0 Å². The van der Waals surface area contributed by atoms with Crippen LogP contribution in [0.4, 0.5) is 4.39 Å². The summed E-state index contributed by atoms with van der Waals surface area (Å²) in [6.07, 6.45) is 0.0205. The lowest BCUT2D eigenvalue weighted by atomic mass is 10.0. The first-order valence-corrected chi connectivity index (χ1v) is 7.67. The fraction of sp³-hybridized carbons (Fsp3) is 0.188. The summed E-state index contributed by atoms with van der Waals surface area (Å²) in [4.78, 5) is 13.3. The highest BCUT2D eigenvalue weighted by atomic mass is 35.5. The molecule has 0 aromatic heterocycles. The second-order valence-electron chi connectivity index (χ2n) is 4.27. The molecule has 0 aliphatic carbocycles. The summed E-state index contributed by atoms with van der Waals surface area (Å²) in [5.41, 5.74) is 0.916. The maximum absolute atomic E-state index is 13.8. The fourth-order valence-corrected chi connectivity index (χ4v) is 2.72. The van der Waals surface area contributed by atoms with Crippen molar-refractivity contribution in [1.29, 1.82) is 0 Å². The molecule has 104 valence electrons. The number of thioether (sulfide) groups is 1. The maximum Gasteiger partial charge on any atom is 0.167 e. The summed E-state index contributed by atoms with van der Waals surface area (Å²) in [6, 6.07) is 12.1. The molecule has 0 radical (unpaired) electrons. The van der Waals surface area contributed by atoms with E-state index in [1.165, 1.54) is 6.07 Å². The minimum Gasteiger partial charge on any atom is -0.294 e. The quantitative estimate of drug-likeness (QED) is 0.570. The van der Waals surface area contributed by atoms with Gasteiger partial charge in [-0.15, -0.1) is 11.8 Å². The van der Waals surface area contributed by atoms with Crippen molar-refractivity contribution in [3.05, 3.63) is 64.4 Å². The Kier molecular flexibility index (Phi) is 5.21. The first-order chi connectivity index (χ1) is 9.61. The van der Waals surface area contributed by atoms with E-state index in [4.69, 9.17) is 11.6 Å². The van der Waals surface area contributed by atoms with Crippen LogP contribution in [0.2, 0.25) is 5.02 Å². The molecule has 2 aromatic carbocycles. The van der Waals surface area contributed by atoms with Crippen LogP contribution in [0.1, 0.15) is 22.8 Å². The molecule has 1 nitrogen and oxygen atoms in total. The van der Waals surface area contributed by atoms with Crippen LogP contribution in [0, 0.1) is 5.82 Å². The van der Waals surface area contributed by atoms with Gasteiger partial charge in [0, 0.05) is 16.9 Å². The van der Waals surface area contributed by atoms with Gasteiger partial charge in [-0.05, 0) is 29.5 Å². The van der Waals surface area contributed by atoms with Crippen LogP contribution in [0.3, 0.4) is 0 Å². The van der Waals surface area contributed by atoms with Gasteiger partial charge in [-0.25, -0.2) is 4.39 Å². The Morgan fingerprint density at radius 2 is 1.90 bits per heavy atom. The molecular formula is C16H14ClFOS. The van der Waals surface area contributed by atoms with E-state index in [9.17, 15) is 9.18 Å². The molecule has 20 heavy (non-hydrogen) atoms. The van der Waals surface area contributed by atoms with Crippen molar-refractivity contribution in [1.82, 2.24) is 0 Å². The zero-order valence-electron chi connectivity index (χ0n) is 11.0. The number of carbonyl (C=O) groups is 1. The highest BCUT2D eigenvalue weighted by molar-refractivity contribution is 7.99. The van der Waals surface area contributed by atoms with Crippen molar-refractivity contribution >= 4 is 29.1 Å². The third-order valence-electron chi connectivity index (χ3n) is 2.87. The van der Waals surface area contributed by atoms with Gasteiger partial charge in [-0.2, -0.15) is 0 Å². The number of Topliss-reactive ketones (excluding diaryl/α,β-unsaturated/α-hetero) is 1. The van der Waals surface area contributed by atoms with Crippen LogP contribution in [0.15, 0.2) is 47.4 Å². The molecular weight excluding hydrogens is 295 g/mol. The smallest absolute Gasteiger partial charge is 0.167 e. The largest absolute Gasteiger partial charge is 0.294 e. The second kappa shape index (κ2) is 6.91. The predicted octanol–water partition coefficient (Wildman–Crippen LogP) is 5.02. The Balaban J connectivity index is 2.13. The Morgan fingerprint density at radius 1 is 1.20 bits per heavy atom. The maximum atomic E-state index is 13.8. The highest BCUT2D eigenvalue weighted by Gasteiger charge is 2.12. The van der Waals surface area contributed by atoms with Crippen molar-refractivity contribution in [2.45, 2.75) is 18.2 Å². The average molecular weight is 309 g/mol. The van der Waals surface area contributed by atoms with Gasteiger partial charge in [-0.3, -0.25) is 4.79 Å². The van der Waals surface area contributed by atoms with Gasteiger partial charge >= 0.3 is 0 Å². The third kappa shape index (κ3) is 3.62. The van der Waals surface area contributed by atoms with Crippen LogP contribution in [0.25, 0.3) is 0 Å². The molecule has 4 heteroatoms. The number of carbonyl (C=O) groups excluding carboxylic acids is 1. The monoisotopic (exact) mass is 308 g/mol. The fourth-order valence-electron chi connectivity index (χ4n) is 1.86. The number of rotatable bonds is 5. The molecule has 0 atom stereocenters. The Labute approximate surface area is 127 Å². The molecule has 0 aliphatic heterocycles. The van der Waals surface area contributed by atoms with Crippen molar-refractivity contribution in [2.75, 3.05) is 5.75 Å². The summed E-state index contributed by atoms with van der Waals surface area (Å²) >= 11 is 7.43. The molecule has 2 aromatic rings. The molecule has 0 amide bonds. The lowest BCUT2D eigenvalue weighted by Crippen LogP contribution is -2.05. The lowest BCUT2D eigenvalue weighted by Gasteiger charge is -2.05. The SMILES string of the molecule is CCSc1ccc(C(=O)Cc2cccc(Cl)c2F)cc1. The third-order valence-corrected chi connectivity index (χ3v) is 4.06. The molecule has 0 fully saturated rings. The summed E-state index contributed by atoms with van der Waals surface area (Å²) in [6.45, 7) is 2.08. The van der Waals surface area contributed by atoms with Crippen molar-refractivity contribution in [3.8, 4) is 0 Å². The number of ketones is 1. The average Bonchev–Trinajstić information content (AvgIpc) is 2.45. The van der Waals surface area contributed by atoms with Crippen LogP contribution in [0.5, 0.6) is 0 Å². The lowest BCUT2D eigenvalue weighted by molar-refractivity contribution is 0.0992. The standard InChI is InChI=1S/C16H14ClFOS/c1-2-20-13-8-6-11(7-9-13)15(19)10-12-4-3-5-14(17)16(12)18/h3-9H,2,10H2,1H3. The number of halogens is 2. The molecule has 0 unspecified atom stereocenters. The number of hydrogen-bond acceptors (Lipinski definition) is 2. The molecule has 0 N–H and O–H groups in total. The van der Waals surface area contributed by atoms with Crippen LogP contribution < -0.4 is 0 Å². The minimum absolute atomic E-state index is 0.0205. The van der Waals surface area contributed by atoms with Gasteiger partial charge in [0.1, 0.15) is 5.82 Å². The number of hydrogen-bond donors (Lipinski definition) is 0.